The van der Waals surface area contributed by atoms with Crippen LogP contribution in [0.2, 0.25) is 0 Å². The fourth-order valence-corrected chi connectivity index (χ4v) is 3.34. The summed E-state index contributed by atoms with van der Waals surface area (Å²) in [5.41, 5.74) is 11.5. The van der Waals surface area contributed by atoms with Crippen LogP contribution in [0, 0.1) is 0 Å². The third-order valence-corrected chi connectivity index (χ3v) is 4.48. The molecule has 0 spiro atoms. The number of amides is 2. The van der Waals surface area contributed by atoms with Crippen molar-refractivity contribution < 1.29 is 28.5 Å². The smallest absolute Gasteiger partial charge is 0.269 e. The highest BCUT2D eigenvalue weighted by molar-refractivity contribution is 5.95. The molecule has 0 aliphatic carbocycles. The van der Waals surface area contributed by atoms with E-state index in [9.17, 15) is 9.59 Å². The van der Waals surface area contributed by atoms with E-state index >= 15 is 0 Å². The minimum absolute atomic E-state index is 0.0218. The molecule has 2 aliphatic rings. The van der Waals surface area contributed by atoms with Crippen molar-refractivity contribution >= 4 is 11.8 Å². The SMILES string of the molecule is CC1(C)OCC(Cc2nc(C(N)=O)c(CC3COC(C)(C)O3)nc2C(N)=O)O1. The van der Waals surface area contributed by atoms with Gasteiger partial charge >= 0.3 is 0 Å². The summed E-state index contributed by atoms with van der Waals surface area (Å²) in [6, 6.07) is 0. The van der Waals surface area contributed by atoms with E-state index in [1.54, 1.807) is 27.7 Å². The number of ether oxygens (including phenoxy) is 4. The molecule has 0 aromatic carbocycles. The molecule has 10 heteroatoms. The summed E-state index contributed by atoms with van der Waals surface area (Å²) < 4.78 is 22.6. The molecular weight excluding hydrogens is 368 g/mol. The van der Waals surface area contributed by atoms with E-state index in [-0.39, 0.29) is 47.8 Å². The lowest BCUT2D eigenvalue weighted by Gasteiger charge is -2.19. The Morgan fingerprint density at radius 3 is 1.46 bits per heavy atom. The summed E-state index contributed by atoms with van der Waals surface area (Å²) in [4.78, 5) is 32.6. The van der Waals surface area contributed by atoms with E-state index in [0.29, 0.717) is 13.2 Å². The van der Waals surface area contributed by atoms with Crippen LogP contribution >= 0.6 is 0 Å². The van der Waals surface area contributed by atoms with Gasteiger partial charge in [-0.25, -0.2) is 9.97 Å². The summed E-state index contributed by atoms with van der Waals surface area (Å²) in [7, 11) is 0. The molecule has 10 nitrogen and oxygen atoms in total. The number of carbonyl (C=O) groups excluding carboxylic acids is 2. The first-order valence-electron chi connectivity index (χ1n) is 9.09. The van der Waals surface area contributed by atoms with Crippen LogP contribution in [0.3, 0.4) is 0 Å². The van der Waals surface area contributed by atoms with Gasteiger partial charge in [0.15, 0.2) is 11.6 Å². The number of hydrogen-bond acceptors (Lipinski definition) is 8. The second-order valence-electron chi connectivity index (χ2n) is 7.85. The second-order valence-corrected chi connectivity index (χ2v) is 7.85. The highest BCUT2D eigenvalue weighted by Gasteiger charge is 2.36. The van der Waals surface area contributed by atoms with E-state index in [1.807, 2.05) is 0 Å². The Labute approximate surface area is 162 Å². The molecule has 2 atom stereocenters. The van der Waals surface area contributed by atoms with Crippen LogP contribution in [0.4, 0.5) is 0 Å². The molecule has 1 aromatic rings. The lowest BCUT2D eigenvalue weighted by atomic mass is 10.1. The summed E-state index contributed by atoms with van der Waals surface area (Å²) in [5, 5.41) is 0. The predicted octanol–water partition coefficient (Wildman–Crippen LogP) is 0.0624. The van der Waals surface area contributed by atoms with Crippen molar-refractivity contribution in [2.45, 2.75) is 64.3 Å². The number of hydrogen-bond donors (Lipinski definition) is 2. The lowest BCUT2D eigenvalue weighted by Crippen LogP contribution is -2.29. The first kappa shape index (κ1) is 20.6. The Balaban J connectivity index is 1.90. The van der Waals surface area contributed by atoms with Crippen molar-refractivity contribution in [3.63, 3.8) is 0 Å². The van der Waals surface area contributed by atoms with Crippen LogP contribution in [0.1, 0.15) is 60.1 Å². The second kappa shape index (κ2) is 7.36. The molecule has 2 fully saturated rings. The number of aromatic nitrogens is 2. The Morgan fingerprint density at radius 1 is 0.857 bits per heavy atom. The molecule has 2 unspecified atom stereocenters. The van der Waals surface area contributed by atoms with Crippen molar-refractivity contribution in [1.29, 1.82) is 0 Å². The highest BCUT2D eigenvalue weighted by atomic mass is 16.7. The first-order valence-corrected chi connectivity index (χ1v) is 9.09. The van der Waals surface area contributed by atoms with Gasteiger partial charge in [-0.3, -0.25) is 9.59 Å². The first-order chi connectivity index (χ1) is 13.0. The van der Waals surface area contributed by atoms with Gasteiger partial charge in [-0.2, -0.15) is 0 Å². The average Bonchev–Trinajstić information content (AvgIpc) is 3.08. The molecule has 0 saturated carbocycles. The van der Waals surface area contributed by atoms with Crippen molar-refractivity contribution in [3.8, 4) is 0 Å². The summed E-state index contributed by atoms with van der Waals surface area (Å²) >= 11 is 0. The predicted molar refractivity (Wildman–Crippen MR) is 96.3 cm³/mol. The highest BCUT2D eigenvalue weighted by Crippen LogP contribution is 2.27. The van der Waals surface area contributed by atoms with Gasteiger partial charge in [0.05, 0.1) is 36.8 Å². The van der Waals surface area contributed by atoms with E-state index in [4.69, 9.17) is 30.4 Å². The molecule has 1 aromatic heterocycles. The number of nitrogens with zero attached hydrogens (tertiary/aromatic N) is 2. The average molecular weight is 394 g/mol. The Hall–Kier alpha value is -2.14. The van der Waals surface area contributed by atoms with Crippen molar-refractivity contribution in [2.24, 2.45) is 11.5 Å². The van der Waals surface area contributed by atoms with E-state index in [0.717, 1.165) is 0 Å². The van der Waals surface area contributed by atoms with E-state index < -0.39 is 23.4 Å². The quantitative estimate of drug-likeness (QED) is 0.688. The van der Waals surface area contributed by atoms with E-state index in [1.165, 1.54) is 0 Å². The van der Waals surface area contributed by atoms with Crippen LogP contribution < -0.4 is 11.5 Å². The summed E-state index contributed by atoms with van der Waals surface area (Å²) in [6.07, 6.45) is -0.265. The topological polar surface area (TPSA) is 149 Å². The van der Waals surface area contributed by atoms with Crippen LogP contribution in [0.5, 0.6) is 0 Å². The molecule has 3 heterocycles. The molecule has 28 heavy (non-hydrogen) atoms. The fraction of sp³-hybridized carbons (Fsp3) is 0.667. The number of primary amides is 2. The van der Waals surface area contributed by atoms with Crippen LogP contribution in [-0.2, 0) is 31.8 Å². The molecule has 154 valence electrons. The summed E-state index contributed by atoms with van der Waals surface area (Å²) in [6.45, 7) is 7.80. The molecule has 2 aliphatic heterocycles. The minimum Gasteiger partial charge on any atom is -0.364 e. The van der Waals surface area contributed by atoms with Gasteiger partial charge in [0, 0.05) is 12.8 Å². The monoisotopic (exact) mass is 394 g/mol. The van der Waals surface area contributed by atoms with Crippen molar-refractivity contribution in [3.05, 3.63) is 22.8 Å². The van der Waals surface area contributed by atoms with Crippen molar-refractivity contribution in [1.82, 2.24) is 9.97 Å². The van der Waals surface area contributed by atoms with Gasteiger partial charge < -0.3 is 30.4 Å². The third-order valence-electron chi connectivity index (χ3n) is 4.48. The minimum atomic E-state index is -0.748. The van der Waals surface area contributed by atoms with Gasteiger partial charge in [0.2, 0.25) is 0 Å². The number of nitrogens with two attached hydrogens (primary N) is 2. The van der Waals surface area contributed by atoms with Gasteiger partial charge in [0.1, 0.15) is 11.4 Å². The fourth-order valence-electron chi connectivity index (χ4n) is 3.34. The molecule has 3 rings (SSSR count). The molecule has 0 radical (unpaired) electrons. The van der Waals surface area contributed by atoms with Crippen molar-refractivity contribution in [2.75, 3.05) is 13.2 Å². The molecular formula is C18H26N4O6. The molecule has 0 bridgehead atoms. The molecule has 2 saturated heterocycles. The zero-order valence-electron chi connectivity index (χ0n) is 16.5. The Morgan fingerprint density at radius 2 is 1.21 bits per heavy atom. The number of carbonyl (C=O) groups is 2. The zero-order chi connectivity index (χ0) is 20.7. The maximum atomic E-state index is 12.0. The Kier molecular flexibility index (Phi) is 5.41. The lowest BCUT2D eigenvalue weighted by molar-refractivity contribution is -0.138. The standard InChI is InChI=1S/C18H26N4O6/c1-17(2)25-7-9(27-17)5-11-13(15(19)23)22-12(14(21-11)16(20)24)6-10-8-26-18(3,4)28-10/h9-10H,5-8H2,1-4H3,(H2,19,23)(H2,20,24). The Bertz CT molecular complexity index is 729. The molecule has 4 N–H and O–H groups in total. The van der Waals surface area contributed by atoms with Gasteiger partial charge in [-0.15, -0.1) is 0 Å². The van der Waals surface area contributed by atoms with Crippen LogP contribution in [0.15, 0.2) is 0 Å². The maximum Gasteiger partial charge on any atom is 0.269 e. The van der Waals surface area contributed by atoms with Gasteiger partial charge in [-0.05, 0) is 27.7 Å². The van der Waals surface area contributed by atoms with E-state index in [2.05, 4.69) is 9.97 Å². The zero-order valence-corrected chi connectivity index (χ0v) is 16.5. The largest absolute Gasteiger partial charge is 0.364 e. The third kappa shape index (κ3) is 4.64. The molecule has 2 amide bonds. The van der Waals surface area contributed by atoms with Gasteiger partial charge in [0.25, 0.3) is 11.8 Å². The maximum absolute atomic E-state index is 12.0. The number of rotatable bonds is 6. The van der Waals surface area contributed by atoms with Crippen LogP contribution in [0.25, 0.3) is 0 Å². The normalized spacial score (nSPS) is 25.7. The van der Waals surface area contributed by atoms with Crippen LogP contribution in [-0.4, -0.2) is 58.8 Å². The van der Waals surface area contributed by atoms with Gasteiger partial charge in [-0.1, -0.05) is 0 Å². The summed E-state index contributed by atoms with van der Waals surface area (Å²) in [5.74, 6) is -2.96.